The Hall–Kier alpha value is -3.55. The normalized spacial score (nSPS) is 12.5. The van der Waals surface area contributed by atoms with Crippen molar-refractivity contribution in [3.05, 3.63) is 54.6 Å². The van der Waals surface area contributed by atoms with Crippen LogP contribution in [-0.2, 0) is 0 Å². The molecule has 2 aromatic carbocycles. The Balaban J connectivity index is 1.56. The zero-order valence-corrected chi connectivity index (χ0v) is 13.7. The van der Waals surface area contributed by atoms with E-state index in [0.29, 0.717) is 47.7 Å². The molecule has 3 aromatic rings. The van der Waals surface area contributed by atoms with Gasteiger partial charge >= 0.3 is 0 Å². The third-order valence-electron chi connectivity index (χ3n) is 3.80. The first-order valence-corrected chi connectivity index (χ1v) is 7.99. The van der Waals surface area contributed by atoms with E-state index in [4.69, 9.17) is 15.2 Å². The summed E-state index contributed by atoms with van der Waals surface area (Å²) in [4.78, 5) is 8.33. The Morgan fingerprint density at radius 2 is 1.46 bits per heavy atom. The Morgan fingerprint density at radius 1 is 0.846 bits per heavy atom. The van der Waals surface area contributed by atoms with Gasteiger partial charge in [-0.3, -0.25) is 0 Å². The van der Waals surface area contributed by atoms with Crippen molar-refractivity contribution in [2.45, 2.75) is 0 Å². The van der Waals surface area contributed by atoms with Crippen molar-refractivity contribution in [2.75, 3.05) is 29.6 Å². The molecule has 1 aliphatic rings. The zero-order chi connectivity index (χ0) is 17.9. The fourth-order valence-electron chi connectivity index (χ4n) is 2.52. The van der Waals surface area contributed by atoms with Crippen molar-refractivity contribution in [3.63, 3.8) is 0 Å². The van der Waals surface area contributed by atoms with Crippen LogP contribution in [0.4, 0.5) is 33.1 Å². The lowest BCUT2D eigenvalue weighted by Gasteiger charge is -2.19. The summed E-state index contributed by atoms with van der Waals surface area (Å²) in [6, 6.07) is 11.4. The molecule has 0 radical (unpaired) electrons. The number of halogens is 1. The summed E-state index contributed by atoms with van der Waals surface area (Å²) in [5, 5.41) is 6.19. The predicted octanol–water partition coefficient (Wildman–Crippen LogP) is 3.46. The summed E-state index contributed by atoms with van der Waals surface area (Å²) in [5.74, 6) is 1.93. The van der Waals surface area contributed by atoms with Gasteiger partial charge in [0.05, 0.1) is 0 Å². The molecule has 0 atom stereocenters. The molecule has 0 bridgehead atoms. The molecular formula is C18H16FN5O2. The van der Waals surface area contributed by atoms with E-state index >= 15 is 0 Å². The second kappa shape index (κ2) is 6.75. The molecule has 26 heavy (non-hydrogen) atoms. The summed E-state index contributed by atoms with van der Waals surface area (Å²) in [6.07, 6.45) is 1.39. The number of hydrogen-bond acceptors (Lipinski definition) is 7. The van der Waals surface area contributed by atoms with Gasteiger partial charge < -0.3 is 25.8 Å². The Morgan fingerprint density at radius 3 is 2.19 bits per heavy atom. The molecule has 0 fully saturated rings. The Bertz CT molecular complexity index is 933. The predicted molar refractivity (Wildman–Crippen MR) is 96.8 cm³/mol. The van der Waals surface area contributed by atoms with Crippen LogP contribution in [0, 0.1) is 5.82 Å². The topological polar surface area (TPSA) is 94.3 Å². The van der Waals surface area contributed by atoms with Gasteiger partial charge in [0.25, 0.3) is 0 Å². The van der Waals surface area contributed by atoms with Crippen LogP contribution in [0.5, 0.6) is 11.5 Å². The van der Waals surface area contributed by atoms with Crippen LogP contribution in [0.15, 0.2) is 48.8 Å². The van der Waals surface area contributed by atoms with E-state index in [1.165, 1.54) is 18.5 Å². The second-order valence-corrected chi connectivity index (χ2v) is 5.60. The van der Waals surface area contributed by atoms with Gasteiger partial charge in [0.1, 0.15) is 31.0 Å². The summed E-state index contributed by atoms with van der Waals surface area (Å²) in [6.45, 7) is 1.05. The molecule has 2 heterocycles. The van der Waals surface area contributed by atoms with Gasteiger partial charge in [-0.25, -0.2) is 14.4 Å². The maximum absolute atomic E-state index is 13.0. The molecular weight excluding hydrogens is 337 g/mol. The molecule has 1 aromatic heterocycles. The minimum absolute atomic E-state index is 0.313. The number of aromatic nitrogens is 2. The molecule has 0 saturated carbocycles. The van der Waals surface area contributed by atoms with Crippen molar-refractivity contribution in [1.82, 2.24) is 9.97 Å². The number of nitrogens with two attached hydrogens (primary N) is 1. The van der Waals surface area contributed by atoms with Crippen molar-refractivity contribution < 1.29 is 13.9 Å². The van der Waals surface area contributed by atoms with Crippen LogP contribution >= 0.6 is 0 Å². The first-order chi connectivity index (χ1) is 12.7. The molecule has 0 saturated heterocycles. The summed E-state index contributed by atoms with van der Waals surface area (Å²) in [7, 11) is 0. The van der Waals surface area contributed by atoms with Crippen molar-refractivity contribution in [1.29, 1.82) is 0 Å². The fraction of sp³-hybridized carbons (Fsp3) is 0.111. The van der Waals surface area contributed by atoms with Gasteiger partial charge in [0.15, 0.2) is 23.1 Å². The number of rotatable bonds is 4. The molecule has 132 valence electrons. The molecule has 8 heteroatoms. The van der Waals surface area contributed by atoms with E-state index in [1.54, 1.807) is 12.1 Å². The number of anilines is 5. The molecule has 0 spiro atoms. The fourth-order valence-corrected chi connectivity index (χ4v) is 2.52. The first-order valence-electron chi connectivity index (χ1n) is 7.99. The monoisotopic (exact) mass is 353 g/mol. The van der Waals surface area contributed by atoms with Gasteiger partial charge in [-0.2, -0.15) is 0 Å². The largest absolute Gasteiger partial charge is 0.486 e. The average molecular weight is 353 g/mol. The van der Waals surface area contributed by atoms with Crippen LogP contribution in [-0.4, -0.2) is 23.2 Å². The van der Waals surface area contributed by atoms with E-state index in [1.807, 2.05) is 18.2 Å². The van der Waals surface area contributed by atoms with Crippen LogP contribution < -0.4 is 25.8 Å². The lowest BCUT2D eigenvalue weighted by atomic mass is 10.2. The zero-order valence-electron chi connectivity index (χ0n) is 13.7. The van der Waals surface area contributed by atoms with Gasteiger partial charge in [-0.05, 0) is 36.4 Å². The van der Waals surface area contributed by atoms with E-state index < -0.39 is 0 Å². The lowest BCUT2D eigenvalue weighted by Crippen LogP contribution is -2.15. The highest BCUT2D eigenvalue weighted by atomic mass is 19.1. The summed E-state index contributed by atoms with van der Waals surface area (Å²) >= 11 is 0. The van der Waals surface area contributed by atoms with Gasteiger partial charge in [0.2, 0.25) is 0 Å². The molecule has 1 aliphatic heterocycles. The van der Waals surface area contributed by atoms with Crippen LogP contribution in [0.25, 0.3) is 0 Å². The molecule has 0 aliphatic carbocycles. The molecule has 0 unspecified atom stereocenters. The number of benzene rings is 2. The Kier molecular flexibility index (Phi) is 4.14. The van der Waals surface area contributed by atoms with Crippen molar-refractivity contribution in [2.24, 2.45) is 0 Å². The lowest BCUT2D eigenvalue weighted by molar-refractivity contribution is 0.171. The van der Waals surface area contributed by atoms with Crippen molar-refractivity contribution >= 4 is 28.7 Å². The minimum Gasteiger partial charge on any atom is -0.486 e. The van der Waals surface area contributed by atoms with E-state index in [0.717, 1.165) is 5.69 Å². The van der Waals surface area contributed by atoms with Crippen LogP contribution in [0.1, 0.15) is 0 Å². The third kappa shape index (κ3) is 3.30. The van der Waals surface area contributed by atoms with E-state index in [9.17, 15) is 4.39 Å². The number of nitrogen functional groups attached to an aromatic ring is 1. The maximum atomic E-state index is 13.0. The number of nitrogens with one attached hydrogen (secondary N) is 2. The standard InChI is InChI=1S/C18H16FN5O2/c19-11-1-3-12(4-2-11)23-17-16(20)18(22-10-21-17)24-13-5-6-14-15(9-13)26-8-7-25-14/h1-6,9-10H,7-8,20H2,(H2,21,22,23,24). The van der Waals surface area contributed by atoms with Crippen LogP contribution in [0.2, 0.25) is 0 Å². The maximum Gasteiger partial charge on any atom is 0.163 e. The minimum atomic E-state index is -0.313. The number of fused-ring (bicyclic) bond motifs is 1. The number of hydrogen-bond donors (Lipinski definition) is 3. The average Bonchev–Trinajstić information content (AvgIpc) is 2.67. The highest BCUT2D eigenvalue weighted by Gasteiger charge is 2.13. The second-order valence-electron chi connectivity index (χ2n) is 5.60. The molecule has 7 nitrogen and oxygen atoms in total. The quantitative estimate of drug-likeness (QED) is 0.661. The smallest absolute Gasteiger partial charge is 0.163 e. The number of nitrogens with zero attached hydrogens (tertiary/aromatic N) is 2. The molecule has 4 N–H and O–H groups in total. The SMILES string of the molecule is Nc1c(Nc2ccc(F)cc2)ncnc1Nc1ccc2c(c1)OCCO2. The highest BCUT2D eigenvalue weighted by Crippen LogP contribution is 2.35. The van der Waals surface area contributed by atoms with E-state index in [-0.39, 0.29) is 5.82 Å². The Labute approximate surface area is 149 Å². The first kappa shape index (κ1) is 15.9. The van der Waals surface area contributed by atoms with E-state index in [2.05, 4.69) is 20.6 Å². The van der Waals surface area contributed by atoms with Gasteiger partial charge in [0, 0.05) is 17.4 Å². The van der Waals surface area contributed by atoms with Gasteiger partial charge in [-0.15, -0.1) is 0 Å². The third-order valence-corrected chi connectivity index (χ3v) is 3.80. The summed E-state index contributed by atoms with van der Waals surface area (Å²) < 4.78 is 24.1. The number of ether oxygens (including phenoxy) is 2. The van der Waals surface area contributed by atoms with Crippen molar-refractivity contribution in [3.8, 4) is 11.5 Å². The highest BCUT2D eigenvalue weighted by molar-refractivity contribution is 5.80. The van der Waals surface area contributed by atoms with Crippen LogP contribution in [0.3, 0.4) is 0 Å². The molecule has 0 amide bonds. The van der Waals surface area contributed by atoms with Gasteiger partial charge in [-0.1, -0.05) is 0 Å². The molecule has 4 rings (SSSR count). The summed E-state index contributed by atoms with van der Waals surface area (Å²) in [5.41, 5.74) is 7.93.